The molecular formula is C46H51N7O8. The maximum Gasteiger partial charge on any atom is 0.408 e. The quantitative estimate of drug-likeness (QED) is 0.144. The summed E-state index contributed by atoms with van der Waals surface area (Å²) >= 11 is 0. The van der Waals surface area contributed by atoms with E-state index in [-0.39, 0.29) is 48.1 Å². The Morgan fingerprint density at radius 2 is 1.52 bits per heavy atom. The first-order chi connectivity index (χ1) is 28.9. The number of nitrogens with zero attached hydrogens (tertiary/aromatic N) is 4. The number of anilines is 2. The zero-order valence-electron chi connectivity index (χ0n) is 35.2. The average molecular weight is 830 g/mol. The molecule has 61 heavy (non-hydrogen) atoms. The SMILES string of the molecule is CC1(NC(=O)OC(C)(C)C)CN(c2nccc(COc3ccc(C(C)(C)c4ccc(OC5CC(Nc6ccc7c(c6)C(=O)N([C@H]6CCC(=O)NC6=O)C7=O)C5)cc4)cc3)n2)C1. The highest BCUT2D eigenvalue weighted by molar-refractivity contribution is 6.23. The normalized spacial score (nSPS) is 20.9. The van der Waals surface area contributed by atoms with E-state index in [4.69, 9.17) is 19.2 Å². The summed E-state index contributed by atoms with van der Waals surface area (Å²) in [6, 6.07) is 22.3. The number of nitrogens with one attached hydrogen (secondary N) is 3. The molecule has 4 aromatic rings. The van der Waals surface area contributed by atoms with Gasteiger partial charge in [0.2, 0.25) is 17.8 Å². The van der Waals surface area contributed by atoms with Gasteiger partial charge in [0.25, 0.3) is 11.8 Å². The van der Waals surface area contributed by atoms with Crippen molar-refractivity contribution in [2.24, 2.45) is 0 Å². The summed E-state index contributed by atoms with van der Waals surface area (Å²) in [5.41, 5.74) is 2.95. The number of hydrogen-bond acceptors (Lipinski definition) is 12. The van der Waals surface area contributed by atoms with Crippen molar-refractivity contribution in [2.45, 2.75) is 109 Å². The highest BCUT2D eigenvalue weighted by Gasteiger charge is 2.45. The van der Waals surface area contributed by atoms with Crippen molar-refractivity contribution >= 4 is 41.4 Å². The first-order valence-corrected chi connectivity index (χ1v) is 20.6. The molecule has 4 heterocycles. The van der Waals surface area contributed by atoms with Crippen molar-refractivity contribution in [3.05, 3.63) is 107 Å². The zero-order chi connectivity index (χ0) is 43.3. The fraction of sp³-hybridized carbons (Fsp3) is 0.413. The van der Waals surface area contributed by atoms with Gasteiger partial charge in [-0.15, -0.1) is 0 Å². The molecule has 1 atom stereocenters. The van der Waals surface area contributed by atoms with Crippen molar-refractivity contribution in [1.82, 2.24) is 25.5 Å². The van der Waals surface area contributed by atoms with Crippen LogP contribution in [0.5, 0.6) is 11.5 Å². The van der Waals surface area contributed by atoms with Crippen molar-refractivity contribution < 1.29 is 38.2 Å². The van der Waals surface area contributed by atoms with E-state index in [2.05, 4.69) is 59.0 Å². The third-order valence-corrected chi connectivity index (χ3v) is 11.6. The molecule has 0 radical (unpaired) electrons. The molecule has 318 valence electrons. The molecule has 3 fully saturated rings. The van der Waals surface area contributed by atoms with Gasteiger partial charge in [-0.3, -0.25) is 29.4 Å². The van der Waals surface area contributed by atoms with Crippen molar-refractivity contribution in [2.75, 3.05) is 23.3 Å². The number of benzene rings is 3. The standard InChI is InChI=1S/C46H51N7O8/c1-44(2,3)61-43(58)51-46(6)25-52(26-46)42-47-20-19-30(49-42)24-59-32-12-7-27(8-13-32)45(4,5)28-9-14-33(15-10-28)60-34-21-31(22-34)48-29-11-16-35-36(23-29)41(57)53(40(35)56)37-17-18-38(54)50-39(37)55/h7-16,19-20,23,31,34,37,48H,17-18,21-22,24-26H2,1-6H3,(H,51,58)(H,50,54,55)/t31?,34?,37-/m0/s1. The van der Waals surface area contributed by atoms with Gasteiger partial charge in [0.1, 0.15) is 35.9 Å². The Morgan fingerprint density at radius 3 is 2.18 bits per heavy atom. The number of amides is 5. The maximum atomic E-state index is 13.2. The van der Waals surface area contributed by atoms with Crippen LogP contribution in [0.4, 0.5) is 16.4 Å². The van der Waals surface area contributed by atoms with E-state index in [0.29, 0.717) is 24.7 Å². The summed E-state index contributed by atoms with van der Waals surface area (Å²) in [5.74, 6) is 0.0161. The van der Waals surface area contributed by atoms with Gasteiger partial charge >= 0.3 is 6.09 Å². The number of imide groups is 2. The molecule has 0 spiro atoms. The van der Waals surface area contributed by atoms with E-state index in [9.17, 15) is 24.0 Å². The molecule has 1 saturated carbocycles. The van der Waals surface area contributed by atoms with Gasteiger partial charge in [0.05, 0.1) is 22.4 Å². The number of carbonyl (C=O) groups excluding carboxylic acids is 5. The second kappa shape index (κ2) is 15.8. The Hall–Kier alpha value is -6.51. The van der Waals surface area contributed by atoms with Crippen LogP contribution in [0.3, 0.4) is 0 Å². The van der Waals surface area contributed by atoms with Crippen molar-refractivity contribution in [3.63, 3.8) is 0 Å². The molecule has 3 aliphatic heterocycles. The van der Waals surface area contributed by atoms with Gasteiger partial charge in [-0.1, -0.05) is 38.1 Å². The molecule has 0 bridgehead atoms. The molecular weight excluding hydrogens is 779 g/mol. The van der Waals surface area contributed by atoms with Crippen LogP contribution in [0.15, 0.2) is 79.0 Å². The molecule has 15 heteroatoms. The number of carbonyl (C=O) groups is 5. The van der Waals surface area contributed by atoms with Crippen LogP contribution in [0.25, 0.3) is 0 Å². The highest BCUT2D eigenvalue weighted by atomic mass is 16.6. The Morgan fingerprint density at radius 1 is 0.869 bits per heavy atom. The van der Waals surface area contributed by atoms with Crippen molar-refractivity contribution in [3.8, 4) is 11.5 Å². The van der Waals surface area contributed by atoms with Crippen LogP contribution < -0.4 is 30.3 Å². The first kappa shape index (κ1) is 41.2. The first-order valence-electron chi connectivity index (χ1n) is 20.6. The number of piperidine rings is 1. The molecule has 1 aromatic heterocycles. The molecule has 4 aliphatic rings. The van der Waals surface area contributed by atoms with Gasteiger partial charge in [-0.2, -0.15) is 0 Å². The molecule has 15 nitrogen and oxygen atoms in total. The fourth-order valence-corrected chi connectivity index (χ4v) is 8.19. The highest BCUT2D eigenvalue weighted by Crippen LogP contribution is 2.36. The van der Waals surface area contributed by atoms with Gasteiger partial charge < -0.3 is 29.7 Å². The second-order valence-electron chi connectivity index (χ2n) is 18.1. The van der Waals surface area contributed by atoms with Gasteiger partial charge in [0, 0.05) is 55.7 Å². The Balaban J connectivity index is 0.789. The van der Waals surface area contributed by atoms with E-state index in [1.54, 1.807) is 24.4 Å². The van der Waals surface area contributed by atoms with E-state index in [1.807, 2.05) is 62.9 Å². The van der Waals surface area contributed by atoms with Crippen molar-refractivity contribution in [1.29, 1.82) is 0 Å². The number of ether oxygens (including phenoxy) is 3. The molecule has 8 rings (SSSR count). The van der Waals surface area contributed by atoms with E-state index in [0.717, 1.165) is 46.1 Å². The van der Waals surface area contributed by atoms with Crippen LogP contribution in [0, 0.1) is 0 Å². The van der Waals surface area contributed by atoms with E-state index in [1.165, 1.54) is 0 Å². The summed E-state index contributed by atoms with van der Waals surface area (Å²) in [6.07, 6.45) is 3.02. The molecule has 3 N–H and O–H groups in total. The minimum absolute atomic E-state index is 0.0260. The van der Waals surface area contributed by atoms with Gasteiger partial charge in [-0.05, 0) is 93.8 Å². The number of hydrogen-bond donors (Lipinski definition) is 3. The second-order valence-corrected chi connectivity index (χ2v) is 18.1. The third-order valence-electron chi connectivity index (χ3n) is 11.6. The summed E-state index contributed by atoms with van der Waals surface area (Å²) in [7, 11) is 0. The Labute approximate surface area is 354 Å². The molecule has 0 unspecified atom stereocenters. The minimum Gasteiger partial charge on any atom is -0.490 e. The van der Waals surface area contributed by atoms with E-state index < -0.39 is 46.9 Å². The molecule has 1 aliphatic carbocycles. The Kier molecular flexibility index (Phi) is 10.7. The molecule has 2 saturated heterocycles. The smallest absolute Gasteiger partial charge is 0.408 e. The van der Waals surface area contributed by atoms with Crippen LogP contribution >= 0.6 is 0 Å². The fourth-order valence-electron chi connectivity index (χ4n) is 8.19. The van der Waals surface area contributed by atoms with E-state index >= 15 is 0 Å². The number of fused-ring (bicyclic) bond motifs is 1. The lowest BCUT2D eigenvalue weighted by Gasteiger charge is -2.48. The lowest BCUT2D eigenvalue weighted by molar-refractivity contribution is -0.136. The predicted molar refractivity (Wildman–Crippen MR) is 226 cm³/mol. The third kappa shape index (κ3) is 8.86. The lowest BCUT2D eigenvalue weighted by atomic mass is 9.78. The Bertz CT molecular complexity index is 2360. The number of rotatable bonds is 12. The lowest BCUT2D eigenvalue weighted by Crippen LogP contribution is -2.69. The average Bonchev–Trinajstić information content (AvgIpc) is 3.42. The predicted octanol–water partition coefficient (Wildman–Crippen LogP) is 5.91. The van der Waals surface area contributed by atoms with Gasteiger partial charge in [0.15, 0.2) is 0 Å². The largest absolute Gasteiger partial charge is 0.490 e. The van der Waals surface area contributed by atoms with Gasteiger partial charge in [-0.25, -0.2) is 14.8 Å². The number of alkyl carbamates (subject to hydrolysis) is 1. The van der Waals surface area contributed by atoms with Crippen LogP contribution in [0.2, 0.25) is 0 Å². The van der Waals surface area contributed by atoms with Crippen LogP contribution in [-0.4, -0.2) is 87.0 Å². The topological polar surface area (TPSA) is 181 Å². The molecule has 5 amide bonds. The monoisotopic (exact) mass is 829 g/mol. The summed E-state index contributed by atoms with van der Waals surface area (Å²) in [5, 5.41) is 8.62. The minimum atomic E-state index is -0.995. The summed E-state index contributed by atoms with van der Waals surface area (Å²) in [4.78, 5) is 74.6. The summed E-state index contributed by atoms with van der Waals surface area (Å²) in [6.45, 7) is 13.3. The number of aromatic nitrogens is 2. The summed E-state index contributed by atoms with van der Waals surface area (Å²) < 4.78 is 17.8. The van der Waals surface area contributed by atoms with Crippen LogP contribution in [-0.2, 0) is 26.3 Å². The molecule has 3 aromatic carbocycles. The maximum absolute atomic E-state index is 13.2. The van der Waals surface area contributed by atoms with Crippen LogP contribution in [0.1, 0.15) is 105 Å². The zero-order valence-corrected chi connectivity index (χ0v) is 35.2.